The maximum atomic E-state index is 14.1. The highest BCUT2D eigenvalue weighted by molar-refractivity contribution is 7.93. The first-order valence-electron chi connectivity index (χ1n) is 25.1. The Morgan fingerprint density at radius 2 is 1.73 bits per heavy atom. The minimum Gasteiger partial charge on any atom is -0.392 e. The number of rotatable bonds is 12. The largest absolute Gasteiger partial charge is 0.408 e. The van der Waals surface area contributed by atoms with Crippen molar-refractivity contribution in [3.63, 3.8) is 0 Å². The molecule has 5 aromatic rings. The van der Waals surface area contributed by atoms with Crippen molar-refractivity contribution in [1.29, 1.82) is 0 Å². The lowest BCUT2D eigenvalue weighted by atomic mass is 9.90. The van der Waals surface area contributed by atoms with Crippen LogP contribution in [0.25, 0.3) is 11.3 Å². The van der Waals surface area contributed by atoms with E-state index in [4.69, 9.17) is 4.98 Å². The first-order valence-corrected chi connectivity index (χ1v) is 26.6. The van der Waals surface area contributed by atoms with E-state index in [2.05, 4.69) is 69.2 Å². The Morgan fingerprint density at radius 3 is 2.41 bits per heavy atom. The van der Waals surface area contributed by atoms with Crippen molar-refractivity contribution in [2.24, 2.45) is 12.5 Å². The molecule has 3 N–H and O–H groups in total. The van der Waals surface area contributed by atoms with Gasteiger partial charge in [-0.1, -0.05) is 20.4 Å². The molecule has 0 saturated carbocycles. The van der Waals surface area contributed by atoms with Crippen molar-refractivity contribution < 1.29 is 36.3 Å². The van der Waals surface area contributed by atoms with E-state index in [0.29, 0.717) is 79.7 Å². The van der Waals surface area contributed by atoms with Crippen molar-refractivity contribution >= 4 is 56.0 Å². The van der Waals surface area contributed by atoms with Gasteiger partial charge in [-0.05, 0) is 131 Å². The molecule has 4 aliphatic rings. The zero-order chi connectivity index (χ0) is 53.4. The number of aryl methyl sites for hydroxylation is 2. The first-order chi connectivity index (χ1) is 34.8. The van der Waals surface area contributed by atoms with Crippen LogP contribution in [-0.2, 0) is 47.7 Å². The molecule has 9 rings (SSSR count). The second-order valence-corrected chi connectivity index (χ2v) is 24.1. The predicted molar refractivity (Wildman–Crippen MR) is 281 cm³/mol. The lowest BCUT2D eigenvalue weighted by Crippen LogP contribution is -2.58. The monoisotopic (exact) mass is 1040 g/mol. The average Bonchev–Trinajstić information content (AvgIpc) is 3.84. The number of nitrogens with zero attached hydrogens (tertiary/aromatic N) is 8. The van der Waals surface area contributed by atoms with Crippen molar-refractivity contribution in [2.45, 2.75) is 121 Å². The van der Waals surface area contributed by atoms with Crippen LogP contribution in [0.1, 0.15) is 87.3 Å². The number of nitrogens with one attached hydrogen (secondary N) is 2. The maximum absolute atomic E-state index is 14.1. The van der Waals surface area contributed by atoms with Crippen molar-refractivity contribution in [3.05, 3.63) is 112 Å². The Kier molecular flexibility index (Phi) is 13.7. The Hall–Kier alpha value is -6.51. The van der Waals surface area contributed by atoms with Crippen molar-refractivity contribution in [3.8, 4) is 11.3 Å². The minimum absolute atomic E-state index is 0.00218. The van der Waals surface area contributed by atoms with Crippen molar-refractivity contribution in [2.75, 3.05) is 58.1 Å². The normalized spacial score (nSPS) is 20.4. The zero-order valence-corrected chi connectivity index (χ0v) is 44.0. The third-order valence-electron chi connectivity index (χ3n) is 15.6. The third kappa shape index (κ3) is 9.37. The molecule has 20 heteroatoms. The van der Waals surface area contributed by atoms with Gasteiger partial charge in [-0.3, -0.25) is 24.2 Å². The molecule has 394 valence electrons. The van der Waals surface area contributed by atoms with Gasteiger partial charge in [0.2, 0.25) is 5.91 Å². The van der Waals surface area contributed by atoms with E-state index in [-0.39, 0.29) is 45.7 Å². The molecule has 3 aromatic heterocycles. The minimum atomic E-state index is -4.94. The van der Waals surface area contributed by atoms with Gasteiger partial charge < -0.3 is 34.7 Å². The van der Waals surface area contributed by atoms with Crippen LogP contribution in [0.4, 0.5) is 47.6 Å². The van der Waals surface area contributed by atoms with Crippen LogP contribution in [0.15, 0.2) is 83.3 Å². The predicted octanol–water partition coefficient (Wildman–Crippen LogP) is 7.78. The summed E-state index contributed by atoms with van der Waals surface area (Å²) in [7, 11) is -3.10. The summed E-state index contributed by atoms with van der Waals surface area (Å²) in [5.74, 6) is -0.279. The number of aliphatic hydroxyl groups is 1. The molecule has 1 unspecified atom stereocenters. The fourth-order valence-corrected chi connectivity index (χ4v) is 13.0. The number of hydrogen-bond donors (Lipinski definition) is 3. The third-order valence-corrected chi connectivity index (χ3v) is 18.2. The van der Waals surface area contributed by atoms with E-state index < -0.39 is 38.8 Å². The number of aliphatic hydroxyl groups excluding tert-OH is 1. The number of alkyl halides is 3. The number of anilines is 6. The van der Waals surface area contributed by atoms with E-state index in [9.17, 15) is 41.1 Å². The second kappa shape index (κ2) is 19.3. The SMILES string of the molecule is C=CC(=O)Nc1cc(Nc2nc(-c3ccnc(N4CCn5c(cc6c5CC(C)(C)C6)C4=O)c3CO)cn(C)c2=O)ccc1N1CCN(C2CCN(c3ccc(S(=O)(=O)C(C)(C)C(F)(F)F)c(C)c3)[C@H](C)C2)C[C@@H]1C. The van der Waals surface area contributed by atoms with Crippen molar-refractivity contribution in [1.82, 2.24) is 24.0 Å². The van der Waals surface area contributed by atoms with Crippen LogP contribution in [0, 0.1) is 12.3 Å². The smallest absolute Gasteiger partial charge is 0.392 e. The van der Waals surface area contributed by atoms with Gasteiger partial charge in [0.25, 0.3) is 11.5 Å². The number of benzene rings is 2. The van der Waals surface area contributed by atoms with Gasteiger partial charge in [0, 0.05) is 105 Å². The van der Waals surface area contributed by atoms with E-state index in [1.807, 2.05) is 18.2 Å². The standard InChI is InChI=1S/C54H65F3N10O6S/c1-10-47(69)60-41-26-36(59-48-51(71)62(9)30-42(61-48)39-15-17-58-49(40(39)31-68)67-22-21-66-44(50(67)70)25-35-27-52(5,6)28-45(35)66)11-13-43(41)65-20-19-63(29-34(65)4)37-16-18-64(33(3)24-37)38-12-14-46(32(2)23-38)74(72,73)53(7,8)54(55,56)57/h10-15,17,23,25-26,30,33-34,37,68H,1,16,18-22,24,27-29,31H2,2-9H3,(H,59,61)(H,60,69)/t33-,34+,37?/m1/s1. The highest BCUT2D eigenvalue weighted by atomic mass is 32.2. The Morgan fingerprint density at radius 1 is 0.973 bits per heavy atom. The number of carbonyl (C=O) groups is 2. The molecule has 3 aliphatic heterocycles. The summed E-state index contributed by atoms with van der Waals surface area (Å²) in [6, 6.07) is 14.1. The molecule has 6 heterocycles. The zero-order valence-electron chi connectivity index (χ0n) is 43.2. The Bertz CT molecular complexity index is 3240. The molecule has 0 bridgehead atoms. The van der Waals surface area contributed by atoms with E-state index in [1.54, 1.807) is 48.6 Å². The molecule has 2 aromatic carbocycles. The van der Waals surface area contributed by atoms with Crippen LogP contribution in [0.5, 0.6) is 0 Å². The number of pyridine rings is 1. The fourth-order valence-electron chi connectivity index (χ4n) is 11.4. The second-order valence-electron chi connectivity index (χ2n) is 21.6. The molecular weight excluding hydrogens is 974 g/mol. The molecular formula is C54H65F3N10O6S. The topological polar surface area (TPSA) is 178 Å². The first kappa shape index (κ1) is 52.4. The maximum Gasteiger partial charge on any atom is 0.408 e. The van der Waals surface area contributed by atoms with Gasteiger partial charge in [0.15, 0.2) is 20.4 Å². The van der Waals surface area contributed by atoms with Crippen LogP contribution in [-0.4, -0.2) is 111 Å². The van der Waals surface area contributed by atoms with Gasteiger partial charge >= 0.3 is 6.18 Å². The van der Waals surface area contributed by atoms with Crippen LogP contribution in [0.2, 0.25) is 0 Å². The van der Waals surface area contributed by atoms with Gasteiger partial charge in [-0.2, -0.15) is 13.2 Å². The summed E-state index contributed by atoms with van der Waals surface area (Å²) in [4.78, 5) is 58.2. The molecule has 0 radical (unpaired) electrons. The lowest BCUT2D eigenvalue weighted by molar-refractivity contribution is -0.153. The lowest BCUT2D eigenvalue weighted by Gasteiger charge is -2.48. The fraction of sp³-hybridized carbons (Fsp3) is 0.463. The molecule has 0 spiro atoms. The highest BCUT2D eigenvalue weighted by Gasteiger charge is 2.57. The van der Waals surface area contributed by atoms with Crippen LogP contribution in [0.3, 0.4) is 0 Å². The summed E-state index contributed by atoms with van der Waals surface area (Å²) >= 11 is 0. The summed E-state index contributed by atoms with van der Waals surface area (Å²) < 4.78 is 68.3. The van der Waals surface area contributed by atoms with E-state index in [1.165, 1.54) is 34.9 Å². The molecule has 74 heavy (non-hydrogen) atoms. The molecule has 1 aliphatic carbocycles. The number of hydrogen-bond acceptors (Lipinski definition) is 12. The average molecular weight is 1040 g/mol. The molecule has 2 saturated heterocycles. The number of carbonyl (C=O) groups excluding carboxylic acids is 2. The molecule has 2 fully saturated rings. The summed E-state index contributed by atoms with van der Waals surface area (Å²) in [5, 5.41) is 17.0. The van der Waals surface area contributed by atoms with E-state index in [0.717, 1.165) is 50.1 Å². The summed E-state index contributed by atoms with van der Waals surface area (Å²) in [5.41, 5.74) is 6.79. The molecule has 16 nitrogen and oxygen atoms in total. The van der Waals surface area contributed by atoms with Crippen LogP contribution >= 0.6 is 0 Å². The van der Waals surface area contributed by atoms with Gasteiger partial charge in [-0.15, -0.1) is 0 Å². The molecule has 2 amide bonds. The summed E-state index contributed by atoms with van der Waals surface area (Å²) in [6.07, 6.45) is 2.85. The number of aromatic nitrogens is 4. The number of sulfone groups is 1. The van der Waals surface area contributed by atoms with Gasteiger partial charge in [-0.25, -0.2) is 18.4 Å². The van der Waals surface area contributed by atoms with Gasteiger partial charge in [0.1, 0.15) is 11.5 Å². The van der Waals surface area contributed by atoms with Crippen LogP contribution < -0.4 is 30.9 Å². The Labute approximate surface area is 429 Å². The van der Waals surface area contributed by atoms with Gasteiger partial charge in [0.05, 0.1) is 28.6 Å². The number of fused-ring (bicyclic) bond motifs is 3. The number of piperidine rings is 1. The van der Waals surface area contributed by atoms with E-state index >= 15 is 0 Å². The Balaban J connectivity index is 0.899. The number of amides is 2. The molecule has 3 atom stereocenters. The number of piperazine rings is 1. The quantitative estimate of drug-likeness (QED) is 0.104. The summed E-state index contributed by atoms with van der Waals surface area (Å²) in [6.45, 7) is 18.6. The number of halogens is 3. The highest BCUT2D eigenvalue weighted by Crippen LogP contribution is 2.43.